The predicted octanol–water partition coefficient (Wildman–Crippen LogP) is 2.63. The molecule has 2 amide bonds. The maximum atomic E-state index is 12.6. The lowest BCUT2D eigenvalue weighted by Gasteiger charge is -2.37. The number of hydrogen-bond donors (Lipinski definition) is 1. The van der Waals surface area contributed by atoms with E-state index in [-0.39, 0.29) is 24.9 Å². The first-order valence-electron chi connectivity index (χ1n) is 8.49. The fourth-order valence-corrected chi connectivity index (χ4v) is 3.04. The monoisotopic (exact) mass is 374 g/mol. The molecule has 0 aromatic heterocycles. The van der Waals surface area contributed by atoms with Crippen LogP contribution in [0.3, 0.4) is 0 Å². The summed E-state index contributed by atoms with van der Waals surface area (Å²) in [5.41, 5.74) is -0.766. The molecule has 26 heavy (non-hydrogen) atoms. The molecule has 2 saturated heterocycles. The average Bonchev–Trinajstić information content (AvgIpc) is 3.07. The van der Waals surface area contributed by atoms with Gasteiger partial charge in [-0.25, -0.2) is 4.79 Å². The molecular weight excluding hydrogens is 353 g/mol. The van der Waals surface area contributed by atoms with Gasteiger partial charge in [0.15, 0.2) is 5.79 Å². The van der Waals surface area contributed by atoms with Gasteiger partial charge in [-0.15, -0.1) is 0 Å². The third kappa shape index (κ3) is 4.59. The predicted molar refractivity (Wildman–Crippen MR) is 85.8 cm³/mol. The number of alkyl halides is 3. The average molecular weight is 374 g/mol. The van der Waals surface area contributed by atoms with E-state index in [2.05, 4.69) is 5.32 Å². The van der Waals surface area contributed by atoms with E-state index in [9.17, 15) is 18.0 Å². The number of ether oxygens (including phenoxy) is 3. The molecule has 2 aliphatic heterocycles. The summed E-state index contributed by atoms with van der Waals surface area (Å²) in [6.07, 6.45) is -3.16. The molecule has 9 heteroatoms. The molecule has 0 bridgehead atoms. The van der Waals surface area contributed by atoms with Crippen LogP contribution < -0.4 is 10.1 Å². The molecule has 0 atom stereocenters. The van der Waals surface area contributed by atoms with E-state index in [1.807, 2.05) is 0 Å². The SMILES string of the molecule is O=C(NCCOc1cccc(C(F)(F)F)c1)N1CCC2(CC1)OCCO2. The number of amides is 2. The third-order valence-electron chi connectivity index (χ3n) is 4.43. The summed E-state index contributed by atoms with van der Waals surface area (Å²) in [6.45, 7) is 2.50. The Morgan fingerprint density at radius 2 is 1.92 bits per heavy atom. The minimum absolute atomic E-state index is 0.0804. The van der Waals surface area contributed by atoms with Crippen LogP contribution >= 0.6 is 0 Å². The van der Waals surface area contributed by atoms with Gasteiger partial charge in [0.25, 0.3) is 0 Å². The largest absolute Gasteiger partial charge is 0.492 e. The van der Waals surface area contributed by atoms with Gasteiger partial charge in [0.05, 0.1) is 25.3 Å². The molecule has 2 fully saturated rings. The molecule has 2 heterocycles. The quantitative estimate of drug-likeness (QED) is 0.824. The van der Waals surface area contributed by atoms with Gasteiger partial charge in [-0.2, -0.15) is 13.2 Å². The number of halogens is 3. The Bertz CT molecular complexity index is 623. The molecule has 1 aromatic rings. The van der Waals surface area contributed by atoms with Gasteiger partial charge in [0.2, 0.25) is 0 Å². The van der Waals surface area contributed by atoms with Crippen molar-refractivity contribution in [3.8, 4) is 5.75 Å². The number of rotatable bonds is 4. The summed E-state index contributed by atoms with van der Waals surface area (Å²) in [7, 11) is 0. The van der Waals surface area contributed by atoms with Crippen LogP contribution in [0.15, 0.2) is 24.3 Å². The van der Waals surface area contributed by atoms with Crippen LogP contribution in [0, 0.1) is 0 Å². The highest BCUT2D eigenvalue weighted by molar-refractivity contribution is 5.74. The van der Waals surface area contributed by atoms with Crippen molar-refractivity contribution in [2.45, 2.75) is 24.8 Å². The molecule has 1 spiro atoms. The topological polar surface area (TPSA) is 60.0 Å². The van der Waals surface area contributed by atoms with Gasteiger partial charge in [0, 0.05) is 25.9 Å². The van der Waals surface area contributed by atoms with E-state index >= 15 is 0 Å². The highest BCUT2D eigenvalue weighted by atomic mass is 19.4. The van der Waals surface area contributed by atoms with Gasteiger partial charge < -0.3 is 24.4 Å². The Morgan fingerprint density at radius 3 is 2.58 bits per heavy atom. The summed E-state index contributed by atoms with van der Waals surface area (Å²) in [5.74, 6) is -0.423. The second-order valence-corrected chi connectivity index (χ2v) is 6.20. The van der Waals surface area contributed by atoms with Gasteiger partial charge >= 0.3 is 12.2 Å². The lowest BCUT2D eigenvalue weighted by molar-refractivity contribution is -0.181. The van der Waals surface area contributed by atoms with E-state index in [1.165, 1.54) is 12.1 Å². The second kappa shape index (κ2) is 7.71. The van der Waals surface area contributed by atoms with E-state index in [4.69, 9.17) is 14.2 Å². The van der Waals surface area contributed by atoms with Gasteiger partial charge in [-0.05, 0) is 18.2 Å². The summed E-state index contributed by atoms with van der Waals surface area (Å²) < 4.78 is 54.4. The van der Waals surface area contributed by atoms with Gasteiger partial charge in [0.1, 0.15) is 12.4 Å². The smallest absolute Gasteiger partial charge is 0.416 e. The van der Waals surface area contributed by atoms with Crippen LogP contribution in [0.4, 0.5) is 18.0 Å². The number of likely N-dealkylation sites (tertiary alicyclic amines) is 1. The number of urea groups is 1. The van der Waals surface area contributed by atoms with Crippen LogP contribution in [-0.4, -0.2) is 56.2 Å². The molecular formula is C17H21F3N2O4. The Kier molecular flexibility index (Phi) is 5.57. The zero-order valence-electron chi connectivity index (χ0n) is 14.2. The molecule has 1 N–H and O–H groups in total. The molecule has 0 aliphatic carbocycles. The Balaban J connectivity index is 1.38. The van der Waals surface area contributed by atoms with Crippen molar-refractivity contribution in [2.24, 2.45) is 0 Å². The van der Waals surface area contributed by atoms with Crippen molar-refractivity contribution in [1.29, 1.82) is 0 Å². The Hall–Kier alpha value is -2.00. The summed E-state index contributed by atoms with van der Waals surface area (Å²) >= 11 is 0. The number of benzene rings is 1. The van der Waals surface area contributed by atoms with Crippen molar-refractivity contribution in [2.75, 3.05) is 39.5 Å². The second-order valence-electron chi connectivity index (χ2n) is 6.20. The molecule has 2 aliphatic rings. The fraction of sp³-hybridized carbons (Fsp3) is 0.588. The number of nitrogens with one attached hydrogen (secondary N) is 1. The third-order valence-corrected chi connectivity index (χ3v) is 4.43. The van der Waals surface area contributed by atoms with Crippen molar-refractivity contribution < 1.29 is 32.2 Å². The van der Waals surface area contributed by atoms with Crippen molar-refractivity contribution >= 4 is 6.03 Å². The Labute approximate surface area is 149 Å². The number of nitrogens with zero attached hydrogens (tertiary/aromatic N) is 1. The van der Waals surface area contributed by atoms with Crippen molar-refractivity contribution in [3.63, 3.8) is 0 Å². The highest BCUT2D eigenvalue weighted by Crippen LogP contribution is 2.32. The van der Waals surface area contributed by atoms with Crippen LogP contribution in [-0.2, 0) is 15.7 Å². The first-order valence-corrected chi connectivity index (χ1v) is 8.49. The molecule has 0 radical (unpaired) electrons. The molecule has 0 unspecified atom stereocenters. The zero-order chi connectivity index (χ0) is 18.6. The first kappa shape index (κ1) is 18.8. The normalized spacial score (nSPS) is 19.6. The van der Waals surface area contributed by atoms with Gasteiger partial charge in [-0.1, -0.05) is 6.07 Å². The van der Waals surface area contributed by atoms with Crippen molar-refractivity contribution in [3.05, 3.63) is 29.8 Å². The van der Waals surface area contributed by atoms with Crippen LogP contribution in [0.2, 0.25) is 0 Å². The molecule has 144 valence electrons. The lowest BCUT2D eigenvalue weighted by Crippen LogP contribution is -2.50. The van der Waals surface area contributed by atoms with E-state index in [0.717, 1.165) is 12.1 Å². The first-order chi connectivity index (χ1) is 12.4. The number of carbonyl (C=O) groups excluding carboxylic acids is 1. The highest BCUT2D eigenvalue weighted by Gasteiger charge is 2.40. The molecule has 6 nitrogen and oxygen atoms in total. The maximum Gasteiger partial charge on any atom is 0.416 e. The molecule has 0 saturated carbocycles. The Morgan fingerprint density at radius 1 is 1.23 bits per heavy atom. The number of piperidine rings is 1. The number of carbonyl (C=O) groups is 1. The minimum atomic E-state index is -4.41. The number of hydrogen-bond acceptors (Lipinski definition) is 4. The van der Waals surface area contributed by atoms with E-state index < -0.39 is 17.5 Å². The lowest BCUT2D eigenvalue weighted by atomic mass is 10.0. The summed E-state index contributed by atoms with van der Waals surface area (Å²) in [5, 5.41) is 2.70. The standard InChI is InChI=1S/C17H21F3N2O4/c18-17(19,20)13-2-1-3-14(12-13)24-9-6-21-15(23)22-7-4-16(5-8-22)25-10-11-26-16/h1-3,12H,4-11H2,(H,21,23). The molecule has 3 rings (SSSR count). The maximum absolute atomic E-state index is 12.6. The van der Waals surface area contributed by atoms with E-state index in [1.54, 1.807) is 4.90 Å². The summed E-state index contributed by atoms with van der Waals surface area (Å²) in [4.78, 5) is 13.8. The van der Waals surface area contributed by atoms with Crippen molar-refractivity contribution in [1.82, 2.24) is 10.2 Å². The zero-order valence-corrected chi connectivity index (χ0v) is 14.2. The van der Waals surface area contributed by atoms with Crippen LogP contribution in [0.25, 0.3) is 0 Å². The molecule has 1 aromatic carbocycles. The van der Waals surface area contributed by atoms with Crippen LogP contribution in [0.5, 0.6) is 5.75 Å². The van der Waals surface area contributed by atoms with Crippen LogP contribution in [0.1, 0.15) is 18.4 Å². The fourth-order valence-electron chi connectivity index (χ4n) is 3.04. The minimum Gasteiger partial charge on any atom is -0.492 e. The summed E-state index contributed by atoms with van der Waals surface area (Å²) in [6, 6.07) is 4.42. The van der Waals surface area contributed by atoms with E-state index in [0.29, 0.717) is 39.1 Å². The van der Waals surface area contributed by atoms with Gasteiger partial charge in [-0.3, -0.25) is 0 Å².